The molecule has 5 aliphatic rings. The number of halogens is 4. The van der Waals surface area contributed by atoms with Gasteiger partial charge < -0.3 is 29.7 Å². The van der Waals surface area contributed by atoms with Crippen LogP contribution >= 0.6 is 11.6 Å². The van der Waals surface area contributed by atoms with Gasteiger partial charge in [-0.3, -0.25) is 29.3 Å². The Labute approximate surface area is 359 Å². The van der Waals surface area contributed by atoms with Gasteiger partial charge in [-0.1, -0.05) is 23.7 Å². The molecule has 0 bridgehead atoms. The fourth-order valence-electron chi connectivity index (χ4n) is 9.68. The number of rotatable bonds is 8. The minimum Gasteiger partial charge on any atom is -0.480 e. The highest BCUT2D eigenvalue weighted by molar-refractivity contribution is 6.33. The third-order valence-electron chi connectivity index (χ3n) is 13.2. The molecule has 10 rings (SSSR count). The molecule has 0 radical (unpaired) electrons. The van der Waals surface area contributed by atoms with Gasteiger partial charge in [0.2, 0.25) is 23.5 Å². The summed E-state index contributed by atoms with van der Waals surface area (Å²) in [4.78, 5) is 53.3. The van der Waals surface area contributed by atoms with Crippen LogP contribution in [0.2, 0.25) is 5.02 Å². The van der Waals surface area contributed by atoms with Crippen molar-refractivity contribution in [3.63, 3.8) is 0 Å². The van der Waals surface area contributed by atoms with Crippen molar-refractivity contribution >= 4 is 74.0 Å². The summed E-state index contributed by atoms with van der Waals surface area (Å²) in [7, 11) is 3.46. The van der Waals surface area contributed by atoms with Gasteiger partial charge >= 0.3 is 5.92 Å². The Morgan fingerprint density at radius 2 is 1.79 bits per heavy atom. The van der Waals surface area contributed by atoms with Gasteiger partial charge in [-0.15, -0.1) is 0 Å². The van der Waals surface area contributed by atoms with E-state index in [2.05, 4.69) is 36.8 Å². The molecular formula is C43H47ClF3N11O4. The van der Waals surface area contributed by atoms with E-state index in [1.165, 1.54) is 10.8 Å². The fourth-order valence-corrected chi connectivity index (χ4v) is 9.81. The molecule has 19 heteroatoms. The van der Waals surface area contributed by atoms with Crippen LogP contribution in [0.25, 0.3) is 21.8 Å². The van der Waals surface area contributed by atoms with Crippen molar-refractivity contribution in [1.82, 2.24) is 34.5 Å². The summed E-state index contributed by atoms with van der Waals surface area (Å²) in [6.45, 7) is 3.45. The van der Waals surface area contributed by atoms with Crippen LogP contribution < -0.4 is 36.0 Å². The first-order valence-electron chi connectivity index (χ1n) is 21.2. The number of piperazine rings is 1. The number of amides is 2. The Balaban J connectivity index is 0.791. The number of benzene rings is 2. The minimum absolute atomic E-state index is 0.123. The highest BCUT2D eigenvalue weighted by atomic mass is 35.5. The number of hydrogen-bond donors (Lipinski definition) is 3. The first-order chi connectivity index (χ1) is 29.8. The Morgan fingerprint density at radius 3 is 2.55 bits per heavy atom. The molecule has 62 heavy (non-hydrogen) atoms. The third-order valence-corrected chi connectivity index (χ3v) is 13.5. The zero-order valence-corrected chi connectivity index (χ0v) is 35.1. The quantitative estimate of drug-likeness (QED) is 0.173. The van der Waals surface area contributed by atoms with Crippen LogP contribution in [0.4, 0.5) is 42.0 Å². The average molecular weight is 874 g/mol. The number of carbonyl (C=O) groups excluding carboxylic acids is 2. The van der Waals surface area contributed by atoms with E-state index < -0.39 is 36.2 Å². The molecule has 4 aliphatic heterocycles. The van der Waals surface area contributed by atoms with Crippen molar-refractivity contribution in [2.75, 3.05) is 72.9 Å². The van der Waals surface area contributed by atoms with Crippen LogP contribution in [0.3, 0.4) is 0 Å². The standard InChI is InChI=1S/C43H47ClF3N11O4/c1-54-31-10-8-25(18-28(31)35-37(41(54)61)62-22-43(46,47)38(51-35)23-6-7-23)49-39-29(44)19-48-42(52-39)58-13-12-24(30(45)21-58)20-56-14-16-57(17-15-56)32-5-3-4-26-34(53-55(2)36(26)32)27-9-11-33(59)50-40(27)60/h3-5,8,10,18-19,23-24,27,30,38,51H,6-7,9,11-17,20-22H2,1-2H3,(H,48,49,52)(H,50,59,60). The largest absolute Gasteiger partial charge is 0.480 e. The lowest BCUT2D eigenvalue weighted by Gasteiger charge is -2.41. The lowest BCUT2D eigenvalue weighted by atomic mass is 9.92. The maximum atomic E-state index is 16.0. The van der Waals surface area contributed by atoms with E-state index in [0.29, 0.717) is 72.8 Å². The number of hydrogen-bond acceptors (Lipinski definition) is 12. The molecule has 4 fully saturated rings. The first-order valence-corrected chi connectivity index (χ1v) is 21.6. The molecule has 3 aromatic heterocycles. The van der Waals surface area contributed by atoms with E-state index in [1.54, 1.807) is 25.2 Å². The van der Waals surface area contributed by atoms with Crippen LogP contribution in [0.15, 0.2) is 47.4 Å². The Morgan fingerprint density at radius 1 is 0.984 bits per heavy atom. The van der Waals surface area contributed by atoms with Crippen molar-refractivity contribution in [2.45, 2.75) is 56.2 Å². The minimum atomic E-state index is -3.16. The van der Waals surface area contributed by atoms with Crippen molar-refractivity contribution in [2.24, 2.45) is 25.9 Å². The summed E-state index contributed by atoms with van der Waals surface area (Å²) < 4.78 is 55.0. The predicted molar refractivity (Wildman–Crippen MR) is 230 cm³/mol. The third kappa shape index (κ3) is 7.33. The number of imide groups is 1. The summed E-state index contributed by atoms with van der Waals surface area (Å²) >= 11 is 6.59. The number of carbonyl (C=O) groups is 2. The maximum absolute atomic E-state index is 16.0. The summed E-state index contributed by atoms with van der Waals surface area (Å²) in [5.41, 5.74) is 3.48. The van der Waals surface area contributed by atoms with Crippen LogP contribution in [0, 0.1) is 11.8 Å². The monoisotopic (exact) mass is 873 g/mol. The van der Waals surface area contributed by atoms with Crippen molar-refractivity contribution in [3.05, 3.63) is 63.7 Å². The second-order valence-electron chi connectivity index (χ2n) is 17.3. The lowest BCUT2D eigenvalue weighted by molar-refractivity contribution is -0.134. The number of alkyl halides is 3. The average Bonchev–Trinajstić information content (AvgIpc) is 4.06. The Bertz CT molecular complexity index is 2670. The fraction of sp³-hybridized carbons (Fsp3) is 0.488. The number of aromatic nitrogens is 5. The molecule has 4 unspecified atom stereocenters. The Kier molecular flexibility index (Phi) is 10.2. The number of aryl methyl sites for hydroxylation is 2. The van der Waals surface area contributed by atoms with Gasteiger partial charge in [0.05, 0.1) is 52.8 Å². The molecule has 2 amide bonds. The molecule has 1 aliphatic carbocycles. The lowest BCUT2D eigenvalue weighted by Crippen LogP contribution is -2.51. The van der Waals surface area contributed by atoms with E-state index in [0.717, 1.165) is 42.8 Å². The summed E-state index contributed by atoms with van der Waals surface area (Å²) in [6, 6.07) is 10.1. The molecule has 1 saturated carbocycles. The van der Waals surface area contributed by atoms with E-state index in [-0.39, 0.29) is 53.1 Å². The van der Waals surface area contributed by atoms with Crippen molar-refractivity contribution in [3.8, 4) is 5.75 Å². The number of piperidine rings is 2. The van der Waals surface area contributed by atoms with Gasteiger partial charge in [0.15, 0.2) is 12.4 Å². The van der Waals surface area contributed by atoms with Crippen molar-refractivity contribution in [1.29, 1.82) is 0 Å². The molecule has 4 atom stereocenters. The topological polar surface area (TPSA) is 155 Å². The zero-order valence-electron chi connectivity index (χ0n) is 34.3. The molecular weight excluding hydrogens is 827 g/mol. The number of pyridine rings is 1. The van der Waals surface area contributed by atoms with E-state index in [1.807, 2.05) is 28.8 Å². The molecule has 7 heterocycles. The van der Waals surface area contributed by atoms with Crippen LogP contribution in [0.5, 0.6) is 5.75 Å². The molecule has 15 nitrogen and oxygen atoms in total. The second-order valence-corrected chi connectivity index (χ2v) is 17.7. The molecule has 2 aromatic carbocycles. The number of anilines is 5. The van der Waals surface area contributed by atoms with Gasteiger partial charge in [0.25, 0.3) is 5.56 Å². The zero-order chi connectivity index (χ0) is 43.0. The van der Waals surface area contributed by atoms with Gasteiger partial charge in [-0.2, -0.15) is 10.1 Å². The Hall–Kier alpha value is -5.62. The molecule has 3 N–H and O–H groups in total. The predicted octanol–water partition coefficient (Wildman–Crippen LogP) is 5.34. The smallest absolute Gasteiger partial charge is 0.301 e. The van der Waals surface area contributed by atoms with Gasteiger partial charge in [0, 0.05) is 82.2 Å². The van der Waals surface area contributed by atoms with Crippen LogP contribution in [0.1, 0.15) is 43.7 Å². The number of nitrogens with zero attached hydrogens (tertiary/aromatic N) is 8. The number of ether oxygens (including phenoxy) is 1. The van der Waals surface area contributed by atoms with Gasteiger partial charge in [0.1, 0.15) is 11.2 Å². The van der Waals surface area contributed by atoms with E-state index >= 15 is 13.2 Å². The number of fused-ring (bicyclic) bond motifs is 4. The van der Waals surface area contributed by atoms with Gasteiger partial charge in [-0.05, 0) is 55.9 Å². The normalized spacial score (nSPS) is 24.4. The maximum Gasteiger partial charge on any atom is 0.301 e. The molecule has 326 valence electrons. The number of nitrogens with one attached hydrogen (secondary N) is 3. The molecule has 3 saturated heterocycles. The number of para-hydroxylation sites is 1. The van der Waals surface area contributed by atoms with Crippen molar-refractivity contribution < 1.29 is 27.5 Å². The van der Waals surface area contributed by atoms with Gasteiger partial charge in [-0.25, -0.2) is 18.2 Å². The molecule has 5 aromatic rings. The molecule has 0 spiro atoms. The van der Waals surface area contributed by atoms with Crippen LogP contribution in [-0.4, -0.2) is 112 Å². The van der Waals surface area contributed by atoms with Crippen LogP contribution in [-0.2, 0) is 23.7 Å². The highest BCUT2D eigenvalue weighted by Crippen LogP contribution is 2.46. The summed E-state index contributed by atoms with van der Waals surface area (Å²) in [5.74, 6) is -4.09. The summed E-state index contributed by atoms with van der Waals surface area (Å²) in [6.07, 6.45) is 3.04. The van der Waals surface area contributed by atoms with E-state index in [9.17, 15) is 14.4 Å². The highest BCUT2D eigenvalue weighted by Gasteiger charge is 2.51. The SMILES string of the molecule is Cn1nc(C2CCC(=O)NC2=O)c2cccc(N3CCN(CC4CCN(c5ncc(Cl)c(Nc6ccc7c(c6)c6c(c(=O)n7C)OCC(F)(F)C(C7CC7)N6)n5)CC4F)CC3)c21. The second kappa shape index (κ2) is 15.6. The van der Waals surface area contributed by atoms with E-state index in [4.69, 9.17) is 26.4 Å². The first kappa shape index (κ1) is 40.5. The summed E-state index contributed by atoms with van der Waals surface area (Å²) in [5, 5.41) is 15.1.